The van der Waals surface area contributed by atoms with Gasteiger partial charge in [0, 0.05) is 18.0 Å². The Morgan fingerprint density at radius 3 is 2.62 bits per heavy atom. The largest absolute Gasteiger partial charge is 0.271 e. The SMILES string of the molecule is Cc1c(Cl)cc([N+](=O)[O-])cc1CCl. The van der Waals surface area contributed by atoms with Crippen molar-refractivity contribution in [3.05, 3.63) is 38.4 Å². The third-order valence-electron chi connectivity index (χ3n) is 1.79. The number of non-ortho nitro benzene ring substituents is 1. The van der Waals surface area contributed by atoms with Crippen LogP contribution in [0.5, 0.6) is 0 Å². The minimum atomic E-state index is -0.485. The van der Waals surface area contributed by atoms with E-state index >= 15 is 0 Å². The second kappa shape index (κ2) is 3.94. The maximum Gasteiger partial charge on any atom is 0.271 e. The molecule has 0 radical (unpaired) electrons. The Morgan fingerprint density at radius 2 is 2.15 bits per heavy atom. The minimum absolute atomic E-state index is 0.0220. The van der Waals surface area contributed by atoms with Crippen LogP contribution in [0.1, 0.15) is 11.1 Å². The molecule has 70 valence electrons. The van der Waals surface area contributed by atoms with Crippen molar-refractivity contribution in [3.63, 3.8) is 0 Å². The summed E-state index contributed by atoms with van der Waals surface area (Å²) >= 11 is 11.4. The van der Waals surface area contributed by atoms with E-state index in [1.165, 1.54) is 12.1 Å². The van der Waals surface area contributed by atoms with Crippen molar-refractivity contribution < 1.29 is 4.92 Å². The zero-order valence-electron chi connectivity index (χ0n) is 6.88. The predicted molar refractivity (Wildman–Crippen MR) is 52.4 cm³/mol. The van der Waals surface area contributed by atoms with Gasteiger partial charge in [0.25, 0.3) is 5.69 Å². The van der Waals surface area contributed by atoms with E-state index in [0.29, 0.717) is 10.6 Å². The molecule has 0 spiro atoms. The summed E-state index contributed by atoms with van der Waals surface area (Å²) in [7, 11) is 0. The normalized spacial score (nSPS) is 10.1. The average Bonchev–Trinajstić information content (AvgIpc) is 2.09. The predicted octanol–water partition coefficient (Wildman–Crippen LogP) is 3.30. The molecule has 0 amide bonds. The Hall–Kier alpha value is -0.800. The lowest BCUT2D eigenvalue weighted by Crippen LogP contribution is -1.92. The van der Waals surface area contributed by atoms with Crippen molar-refractivity contribution in [1.29, 1.82) is 0 Å². The van der Waals surface area contributed by atoms with Gasteiger partial charge < -0.3 is 0 Å². The highest BCUT2D eigenvalue weighted by molar-refractivity contribution is 6.31. The number of alkyl halides is 1. The maximum absolute atomic E-state index is 10.4. The smallest absolute Gasteiger partial charge is 0.258 e. The van der Waals surface area contributed by atoms with Gasteiger partial charge in [0.1, 0.15) is 0 Å². The second-order valence-corrected chi connectivity index (χ2v) is 3.28. The van der Waals surface area contributed by atoms with Crippen LogP contribution in [0.4, 0.5) is 5.69 Å². The van der Waals surface area contributed by atoms with Gasteiger partial charge in [0.05, 0.1) is 9.95 Å². The highest BCUT2D eigenvalue weighted by atomic mass is 35.5. The number of benzene rings is 1. The second-order valence-electron chi connectivity index (χ2n) is 2.60. The molecule has 0 aliphatic rings. The molecule has 0 aliphatic carbocycles. The molecule has 5 heteroatoms. The quantitative estimate of drug-likeness (QED) is 0.436. The van der Waals surface area contributed by atoms with Gasteiger partial charge in [-0.3, -0.25) is 10.1 Å². The van der Waals surface area contributed by atoms with Crippen molar-refractivity contribution in [2.24, 2.45) is 0 Å². The van der Waals surface area contributed by atoms with Crippen molar-refractivity contribution in [2.45, 2.75) is 12.8 Å². The third kappa shape index (κ3) is 2.11. The molecule has 1 rings (SSSR count). The van der Waals surface area contributed by atoms with E-state index < -0.39 is 4.92 Å². The molecule has 0 heterocycles. The van der Waals surface area contributed by atoms with Crippen LogP contribution in [0.15, 0.2) is 12.1 Å². The summed E-state index contributed by atoms with van der Waals surface area (Å²) < 4.78 is 0. The van der Waals surface area contributed by atoms with Crippen molar-refractivity contribution in [3.8, 4) is 0 Å². The summed E-state index contributed by atoms with van der Waals surface area (Å²) in [5.74, 6) is 0.229. The van der Waals surface area contributed by atoms with Gasteiger partial charge in [-0.05, 0) is 18.1 Å². The van der Waals surface area contributed by atoms with Crippen LogP contribution in [0.25, 0.3) is 0 Å². The van der Waals surface area contributed by atoms with Crippen LogP contribution < -0.4 is 0 Å². The van der Waals surface area contributed by atoms with Crippen molar-refractivity contribution in [2.75, 3.05) is 0 Å². The van der Waals surface area contributed by atoms with Crippen LogP contribution >= 0.6 is 23.2 Å². The van der Waals surface area contributed by atoms with Crippen LogP contribution in [0.3, 0.4) is 0 Å². The first-order chi connectivity index (χ1) is 6.06. The summed E-state index contributed by atoms with van der Waals surface area (Å²) in [5, 5.41) is 10.8. The van der Waals surface area contributed by atoms with Gasteiger partial charge in [-0.15, -0.1) is 11.6 Å². The zero-order chi connectivity index (χ0) is 10.0. The van der Waals surface area contributed by atoms with E-state index in [-0.39, 0.29) is 11.6 Å². The number of nitrogens with zero attached hydrogens (tertiary/aromatic N) is 1. The minimum Gasteiger partial charge on any atom is -0.258 e. The number of hydrogen-bond donors (Lipinski definition) is 0. The lowest BCUT2D eigenvalue weighted by molar-refractivity contribution is -0.384. The Kier molecular flexibility index (Phi) is 3.12. The fourth-order valence-electron chi connectivity index (χ4n) is 0.964. The van der Waals surface area contributed by atoms with Gasteiger partial charge in [0.2, 0.25) is 0 Å². The van der Waals surface area contributed by atoms with Gasteiger partial charge in [-0.1, -0.05) is 11.6 Å². The van der Waals surface area contributed by atoms with Gasteiger partial charge in [-0.25, -0.2) is 0 Å². The molecule has 0 bridgehead atoms. The van der Waals surface area contributed by atoms with Crippen molar-refractivity contribution in [1.82, 2.24) is 0 Å². The highest BCUT2D eigenvalue weighted by Crippen LogP contribution is 2.26. The first kappa shape index (κ1) is 10.3. The van der Waals surface area contributed by atoms with E-state index in [4.69, 9.17) is 23.2 Å². The fourth-order valence-corrected chi connectivity index (χ4v) is 1.47. The number of hydrogen-bond acceptors (Lipinski definition) is 2. The maximum atomic E-state index is 10.4. The van der Waals surface area contributed by atoms with E-state index in [0.717, 1.165) is 5.56 Å². The molecule has 0 aliphatic heterocycles. The molecule has 0 saturated heterocycles. The van der Waals surface area contributed by atoms with Crippen LogP contribution in [0.2, 0.25) is 5.02 Å². The number of nitro benzene ring substituents is 1. The van der Waals surface area contributed by atoms with Crippen LogP contribution in [0, 0.1) is 17.0 Å². The Morgan fingerprint density at radius 1 is 1.54 bits per heavy atom. The monoisotopic (exact) mass is 219 g/mol. The topological polar surface area (TPSA) is 43.1 Å². The van der Waals surface area contributed by atoms with Gasteiger partial charge in [0.15, 0.2) is 0 Å². The number of nitro groups is 1. The molecule has 3 nitrogen and oxygen atoms in total. The molecule has 0 saturated carbocycles. The molecule has 0 atom stereocenters. The standard InChI is InChI=1S/C8H7Cl2NO2/c1-5-6(4-9)2-7(11(12)13)3-8(5)10/h2-3H,4H2,1H3. The van der Waals surface area contributed by atoms with Gasteiger partial charge in [-0.2, -0.15) is 0 Å². The van der Waals surface area contributed by atoms with Gasteiger partial charge >= 0.3 is 0 Å². The van der Waals surface area contributed by atoms with Crippen LogP contribution in [-0.2, 0) is 5.88 Å². The first-order valence-corrected chi connectivity index (χ1v) is 4.47. The molecule has 0 fully saturated rings. The molecular formula is C8H7Cl2NO2. The Bertz CT molecular complexity index is 352. The fraction of sp³-hybridized carbons (Fsp3) is 0.250. The molecule has 1 aromatic carbocycles. The number of halogens is 2. The highest BCUT2D eigenvalue weighted by Gasteiger charge is 2.11. The summed E-state index contributed by atoms with van der Waals surface area (Å²) in [4.78, 5) is 9.95. The summed E-state index contributed by atoms with van der Waals surface area (Å²) in [6, 6.07) is 2.77. The Labute approximate surface area is 85.4 Å². The van der Waals surface area contributed by atoms with Crippen molar-refractivity contribution >= 4 is 28.9 Å². The summed E-state index contributed by atoms with van der Waals surface area (Å²) in [5.41, 5.74) is 1.47. The third-order valence-corrected chi connectivity index (χ3v) is 2.47. The van der Waals surface area contributed by atoms with E-state index in [1.54, 1.807) is 6.92 Å². The van der Waals surface area contributed by atoms with Crippen LogP contribution in [-0.4, -0.2) is 4.92 Å². The molecule has 1 aromatic rings. The molecule has 0 unspecified atom stereocenters. The molecule has 0 N–H and O–H groups in total. The lowest BCUT2D eigenvalue weighted by atomic mass is 10.1. The van der Waals surface area contributed by atoms with E-state index in [2.05, 4.69) is 0 Å². The molecule has 13 heavy (non-hydrogen) atoms. The molecule has 0 aromatic heterocycles. The summed E-state index contributed by atoms with van der Waals surface area (Å²) in [6.07, 6.45) is 0. The average molecular weight is 220 g/mol. The van der Waals surface area contributed by atoms with E-state index in [9.17, 15) is 10.1 Å². The first-order valence-electron chi connectivity index (χ1n) is 3.55. The van der Waals surface area contributed by atoms with E-state index in [1.807, 2.05) is 0 Å². The molecular weight excluding hydrogens is 213 g/mol. The summed E-state index contributed by atoms with van der Waals surface area (Å²) in [6.45, 7) is 1.78. The number of rotatable bonds is 2. The lowest BCUT2D eigenvalue weighted by Gasteiger charge is -2.03. The Balaban J connectivity index is 3.30. The zero-order valence-corrected chi connectivity index (χ0v) is 8.39.